The van der Waals surface area contributed by atoms with Crippen LogP contribution in [0.2, 0.25) is 0 Å². The minimum Gasteiger partial charge on any atom is -0.368 e. The molecule has 0 aliphatic carbocycles. The number of nitrogens with one attached hydrogen (secondary N) is 1. The zero-order valence-corrected chi connectivity index (χ0v) is 9.77. The summed E-state index contributed by atoms with van der Waals surface area (Å²) >= 11 is 0. The highest BCUT2D eigenvalue weighted by Crippen LogP contribution is 2.16. The molecule has 0 radical (unpaired) electrons. The van der Waals surface area contributed by atoms with Gasteiger partial charge in [0.2, 0.25) is 5.95 Å². The van der Waals surface area contributed by atoms with Gasteiger partial charge in [0.1, 0.15) is 5.69 Å². The second kappa shape index (κ2) is 4.37. The van der Waals surface area contributed by atoms with Gasteiger partial charge in [0.25, 0.3) is 5.91 Å². The standard InChI is InChI=1S/C12H14N4O/c1-7(2)14-11(17)10-8-5-3-4-6-9(8)15-12(13)16-10/h3-7H,1-2H3,(H,14,17)(H2,13,15,16). The minimum absolute atomic E-state index is 0.0532. The lowest BCUT2D eigenvalue weighted by atomic mass is 10.1. The first-order valence-electron chi connectivity index (χ1n) is 5.41. The Hall–Kier alpha value is -2.17. The molecule has 1 aromatic carbocycles. The van der Waals surface area contributed by atoms with E-state index in [2.05, 4.69) is 15.3 Å². The molecule has 0 fully saturated rings. The topological polar surface area (TPSA) is 80.9 Å². The number of rotatable bonds is 2. The fraction of sp³-hybridized carbons (Fsp3) is 0.250. The van der Waals surface area contributed by atoms with Crippen LogP contribution < -0.4 is 11.1 Å². The van der Waals surface area contributed by atoms with E-state index in [1.165, 1.54) is 0 Å². The fourth-order valence-electron chi connectivity index (χ4n) is 1.60. The molecule has 1 heterocycles. The van der Waals surface area contributed by atoms with Crippen molar-refractivity contribution in [3.05, 3.63) is 30.0 Å². The van der Waals surface area contributed by atoms with Gasteiger partial charge in [-0.3, -0.25) is 4.79 Å². The van der Waals surface area contributed by atoms with Gasteiger partial charge in [0.05, 0.1) is 5.52 Å². The molecule has 1 aromatic heterocycles. The number of fused-ring (bicyclic) bond motifs is 1. The van der Waals surface area contributed by atoms with Crippen LogP contribution >= 0.6 is 0 Å². The Labute approximate surface area is 99.1 Å². The van der Waals surface area contributed by atoms with Crippen LogP contribution in [0.1, 0.15) is 24.3 Å². The van der Waals surface area contributed by atoms with Gasteiger partial charge in [-0.25, -0.2) is 9.97 Å². The molecule has 0 spiro atoms. The number of nitrogens with two attached hydrogens (primary N) is 1. The summed E-state index contributed by atoms with van der Waals surface area (Å²) in [6.07, 6.45) is 0. The molecule has 2 rings (SSSR count). The number of carbonyl (C=O) groups is 1. The molecule has 0 aliphatic heterocycles. The second-order valence-electron chi connectivity index (χ2n) is 4.08. The molecule has 0 saturated heterocycles. The van der Waals surface area contributed by atoms with E-state index in [0.717, 1.165) is 0 Å². The summed E-state index contributed by atoms with van der Waals surface area (Å²) in [4.78, 5) is 20.1. The van der Waals surface area contributed by atoms with Crippen LogP contribution in [0.3, 0.4) is 0 Å². The van der Waals surface area contributed by atoms with E-state index in [9.17, 15) is 4.79 Å². The number of nitrogen functional groups attached to an aromatic ring is 1. The maximum atomic E-state index is 12.0. The van der Waals surface area contributed by atoms with E-state index in [1.54, 1.807) is 6.07 Å². The normalized spacial score (nSPS) is 10.8. The quantitative estimate of drug-likeness (QED) is 0.816. The average molecular weight is 230 g/mol. The van der Waals surface area contributed by atoms with E-state index in [0.29, 0.717) is 16.6 Å². The number of anilines is 1. The molecule has 1 amide bonds. The van der Waals surface area contributed by atoms with Crippen molar-refractivity contribution in [2.75, 3.05) is 5.73 Å². The Morgan fingerprint density at radius 3 is 2.71 bits per heavy atom. The largest absolute Gasteiger partial charge is 0.368 e. The van der Waals surface area contributed by atoms with Crippen LogP contribution in [0, 0.1) is 0 Å². The Morgan fingerprint density at radius 2 is 2.00 bits per heavy atom. The van der Waals surface area contributed by atoms with Crippen molar-refractivity contribution in [2.45, 2.75) is 19.9 Å². The highest BCUT2D eigenvalue weighted by Gasteiger charge is 2.14. The van der Waals surface area contributed by atoms with Crippen LogP contribution in [0.15, 0.2) is 24.3 Å². The Kier molecular flexibility index (Phi) is 2.91. The third-order valence-electron chi connectivity index (χ3n) is 2.26. The maximum Gasteiger partial charge on any atom is 0.270 e. The van der Waals surface area contributed by atoms with Gasteiger partial charge in [-0.15, -0.1) is 0 Å². The van der Waals surface area contributed by atoms with E-state index in [1.807, 2.05) is 32.0 Å². The molecule has 3 N–H and O–H groups in total. The summed E-state index contributed by atoms with van der Waals surface area (Å²) in [7, 11) is 0. The maximum absolute atomic E-state index is 12.0. The van der Waals surface area contributed by atoms with Crippen molar-refractivity contribution < 1.29 is 4.79 Å². The van der Waals surface area contributed by atoms with E-state index in [-0.39, 0.29) is 17.9 Å². The summed E-state index contributed by atoms with van der Waals surface area (Å²) in [6.45, 7) is 3.79. The minimum atomic E-state index is -0.231. The lowest BCUT2D eigenvalue weighted by Crippen LogP contribution is -2.31. The number of nitrogens with zero attached hydrogens (tertiary/aromatic N) is 2. The second-order valence-corrected chi connectivity index (χ2v) is 4.08. The predicted octanol–water partition coefficient (Wildman–Crippen LogP) is 1.35. The van der Waals surface area contributed by atoms with Gasteiger partial charge in [0, 0.05) is 11.4 Å². The summed E-state index contributed by atoms with van der Waals surface area (Å²) < 4.78 is 0. The van der Waals surface area contributed by atoms with Crippen molar-refractivity contribution in [3.8, 4) is 0 Å². The number of benzene rings is 1. The van der Waals surface area contributed by atoms with Gasteiger partial charge < -0.3 is 11.1 Å². The van der Waals surface area contributed by atoms with E-state index >= 15 is 0 Å². The van der Waals surface area contributed by atoms with Gasteiger partial charge in [-0.1, -0.05) is 18.2 Å². The monoisotopic (exact) mass is 230 g/mol. The SMILES string of the molecule is CC(C)NC(=O)c1nc(N)nc2ccccc12. The molecule has 0 unspecified atom stereocenters. The van der Waals surface area contributed by atoms with Crippen molar-refractivity contribution in [1.82, 2.24) is 15.3 Å². The van der Waals surface area contributed by atoms with Crippen molar-refractivity contribution in [3.63, 3.8) is 0 Å². The van der Waals surface area contributed by atoms with Crippen molar-refractivity contribution in [2.24, 2.45) is 0 Å². The van der Waals surface area contributed by atoms with Crippen molar-refractivity contribution >= 4 is 22.8 Å². The zero-order chi connectivity index (χ0) is 12.4. The van der Waals surface area contributed by atoms with Crippen LogP contribution in [0.5, 0.6) is 0 Å². The molecular formula is C12H14N4O. The summed E-state index contributed by atoms with van der Waals surface area (Å²) in [5, 5.41) is 3.50. The number of amides is 1. The molecule has 0 saturated carbocycles. The molecule has 88 valence electrons. The number of hydrogen-bond acceptors (Lipinski definition) is 4. The molecule has 5 nitrogen and oxygen atoms in total. The molecular weight excluding hydrogens is 216 g/mol. The molecule has 17 heavy (non-hydrogen) atoms. The summed E-state index contributed by atoms with van der Waals surface area (Å²) in [5.41, 5.74) is 6.59. The molecule has 0 atom stereocenters. The number of hydrogen-bond donors (Lipinski definition) is 2. The van der Waals surface area contributed by atoms with Gasteiger partial charge in [-0.05, 0) is 19.9 Å². The third-order valence-corrected chi connectivity index (χ3v) is 2.26. The molecule has 0 aliphatic rings. The Balaban J connectivity index is 2.56. The van der Waals surface area contributed by atoms with Gasteiger partial charge in [-0.2, -0.15) is 0 Å². The predicted molar refractivity (Wildman–Crippen MR) is 66.6 cm³/mol. The Bertz CT molecular complexity index is 565. The van der Waals surface area contributed by atoms with Gasteiger partial charge >= 0.3 is 0 Å². The first kappa shape index (κ1) is 11.3. The van der Waals surface area contributed by atoms with Crippen LogP contribution in [-0.2, 0) is 0 Å². The highest BCUT2D eigenvalue weighted by molar-refractivity contribution is 6.04. The lowest BCUT2D eigenvalue weighted by Gasteiger charge is -2.09. The van der Waals surface area contributed by atoms with Crippen molar-refractivity contribution in [1.29, 1.82) is 0 Å². The van der Waals surface area contributed by atoms with Crippen LogP contribution in [0.4, 0.5) is 5.95 Å². The number of carbonyl (C=O) groups excluding carboxylic acids is 1. The van der Waals surface area contributed by atoms with Crippen LogP contribution in [0.25, 0.3) is 10.9 Å². The first-order chi connectivity index (χ1) is 8.08. The molecule has 2 aromatic rings. The summed E-state index contributed by atoms with van der Waals surface area (Å²) in [5.74, 6) is -0.122. The highest BCUT2D eigenvalue weighted by atomic mass is 16.1. The average Bonchev–Trinajstić information content (AvgIpc) is 2.26. The molecule has 5 heteroatoms. The lowest BCUT2D eigenvalue weighted by molar-refractivity contribution is 0.0940. The fourth-order valence-corrected chi connectivity index (χ4v) is 1.60. The summed E-state index contributed by atoms with van der Waals surface area (Å²) in [6, 6.07) is 7.36. The van der Waals surface area contributed by atoms with E-state index < -0.39 is 0 Å². The van der Waals surface area contributed by atoms with Crippen LogP contribution in [-0.4, -0.2) is 21.9 Å². The smallest absolute Gasteiger partial charge is 0.270 e. The van der Waals surface area contributed by atoms with E-state index in [4.69, 9.17) is 5.73 Å². The molecule has 0 bridgehead atoms. The zero-order valence-electron chi connectivity index (χ0n) is 9.77. The first-order valence-corrected chi connectivity index (χ1v) is 5.41. The number of aromatic nitrogens is 2. The third kappa shape index (κ3) is 2.33. The Morgan fingerprint density at radius 1 is 1.29 bits per heavy atom. The van der Waals surface area contributed by atoms with Gasteiger partial charge in [0.15, 0.2) is 0 Å². The number of para-hydroxylation sites is 1.